The van der Waals surface area contributed by atoms with E-state index in [9.17, 15) is 10.1 Å². The Morgan fingerprint density at radius 3 is 2.69 bits per heavy atom. The minimum absolute atomic E-state index is 0.0449. The lowest BCUT2D eigenvalue weighted by molar-refractivity contribution is -0.131. The van der Waals surface area contributed by atoms with Crippen LogP contribution < -0.4 is 14.8 Å². The number of fused-ring (bicyclic) bond motifs is 1. The zero-order valence-electron chi connectivity index (χ0n) is 20.4. The number of aliphatic imine (C=N–C) groups is 1. The zero-order chi connectivity index (χ0) is 25.5. The Hall–Kier alpha value is -3.77. The molecule has 10 heteroatoms. The van der Waals surface area contributed by atoms with Crippen molar-refractivity contribution >= 4 is 29.2 Å². The molecule has 2 aromatic rings. The highest BCUT2D eigenvalue weighted by Gasteiger charge is 2.36. The SMILES string of the molecule is CCCN(C(=O)CC)C1CN(C(=NCC2COc3ccccc3O2)NC#N)N=C1c1ccc(Cl)cc1. The molecule has 2 aromatic carbocycles. The molecule has 9 nitrogen and oxygen atoms in total. The molecule has 0 spiro atoms. The summed E-state index contributed by atoms with van der Waals surface area (Å²) in [6, 6.07) is 14.5. The molecule has 0 aromatic heterocycles. The summed E-state index contributed by atoms with van der Waals surface area (Å²) in [6.07, 6.45) is 2.84. The van der Waals surface area contributed by atoms with Crippen LogP contribution in [-0.4, -0.2) is 65.9 Å². The molecule has 1 amide bonds. The van der Waals surface area contributed by atoms with E-state index in [1.807, 2.05) is 61.3 Å². The maximum Gasteiger partial charge on any atom is 0.228 e. The van der Waals surface area contributed by atoms with Gasteiger partial charge in [0.1, 0.15) is 6.61 Å². The van der Waals surface area contributed by atoms with Gasteiger partial charge < -0.3 is 14.4 Å². The van der Waals surface area contributed by atoms with Gasteiger partial charge in [0.2, 0.25) is 11.9 Å². The van der Waals surface area contributed by atoms with Gasteiger partial charge in [0.05, 0.1) is 24.8 Å². The molecule has 0 bridgehead atoms. The van der Waals surface area contributed by atoms with Gasteiger partial charge in [0, 0.05) is 23.6 Å². The smallest absolute Gasteiger partial charge is 0.228 e. The number of para-hydroxylation sites is 2. The van der Waals surface area contributed by atoms with Crippen LogP contribution in [0, 0.1) is 11.5 Å². The molecule has 2 aliphatic rings. The van der Waals surface area contributed by atoms with Crippen molar-refractivity contribution in [1.82, 2.24) is 15.2 Å². The second-order valence-corrected chi connectivity index (χ2v) is 8.87. The number of halogens is 1. The Morgan fingerprint density at radius 2 is 2.00 bits per heavy atom. The molecule has 0 aliphatic carbocycles. The normalized spacial score (nSPS) is 18.9. The predicted octanol–water partition coefficient (Wildman–Crippen LogP) is 3.64. The van der Waals surface area contributed by atoms with Gasteiger partial charge in [0.15, 0.2) is 23.8 Å². The van der Waals surface area contributed by atoms with Crippen LogP contribution in [0.5, 0.6) is 11.5 Å². The van der Waals surface area contributed by atoms with Crippen LogP contribution in [0.2, 0.25) is 5.02 Å². The number of rotatable bonds is 7. The summed E-state index contributed by atoms with van der Waals surface area (Å²) in [5, 5.41) is 19.1. The molecule has 4 rings (SSSR count). The Bertz CT molecular complexity index is 1180. The Balaban J connectivity index is 1.60. The molecule has 0 fully saturated rings. The van der Waals surface area contributed by atoms with E-state index >= 15 is 0 Å². The van der Waals surface area contributed by atoms with Gasteiger partial charge in [-0.3, -0.25) is 10.1 Å². The van der Waals surface area contributed by atoms with Gasteiger partial charge in [0.25, 0.3) is 0 Å². The lowest BCUT2D eigenvalue weighted by atomic mass is 10.0. The van der Waals surface area contributed by atoms with Crippen molar-refractivity contribution in [2.24, 2.45) is 10.1 Å². The summed E-state index contributed by atoms with van der Waals surface area (Å²) in [5.41, 5.74) is 1.58. The predicted molar refractivity (Wildman–Crippen MR) is 138 cm³/mol. The van der Waals surface area contributed by atoms with E-state index in [0.29, 0.717) is 42.6 Å². The molecule has 0 saturated heterocycles. The maximum absolute atomic E-state index is 12.9. The van der Waals surface area contributed by atoms with E-state index in [1.54, 1.807) is 17.1 Å². The first kappa shape index (κ1) is 25.3. The monoisotopic (exact) mass is 508 g/mol. The van der Waals surface area contributed by atoms with Crippen LogP contribution in [0.4, 0.5) is 0 Å². The number of carbonyl (C=O) groups is 1. The van der Waals surface area contributed by atoms with Gasteiger partial charge in [-0.1, -0.05) is 49.7 Å². The number of hydrogen-bond donors (Lipinski definition) is 1. The highest BCUT2D eigenvalue weighted by Crippen LogP contribution is 2.31. The topological polar surface area (TPSA) is 103 Å². The molecular formula is C26H29ClN6O3. The molecule has 0 saturated carbocycles. The van der Waals surface area contributed by atoms with Crippen LogP contribution in [-0.2, 0) is 4.79 Å². The number of guanidine groups is 1. The number of nitriles is 1. The lowest BCUT2D eigenvalue weighted by Gasteiger charge is -2.30. The molecule has 2 aliphatic heterocycles. The van der Waals surface area contributed by atoms with E-state index in [1.165, 1.54) is 0 Å². The number of hydrogen-bond acceptors (Lipinski definition) is 6. The largest absolute Gasteiger partial charge is 0.486 e. The van der Waals surface area contributed by atoms with E-state index in [2.05, 4.69) is 10.3 Å². The number of carbonyl (C=O) groups excluding carboxylic acids is 1. The molecule has 188 valence electrons. The number of nitrogens with zero attached hydrogens (tertiary/aromatic N) is 5. The van der Waals surface area contributed by atoms with Crippen molar-refractivity contribution in [3.05, 3.63) is 59.1 Å². The first-order valence-corrected chi connectivity index (χ1v) is 12.4. The average molecular weight is 509 g/mol. The molecule has 1 N–H and O–H groups in total. The number of nitrogens with one attached hydrogen (secondary N) is 1. The van der Waals surface area contributed by atoms with E-state index in [4.69, 9.17) is 26.2 Å². The third-order valence-electron chi connectivity index (χ3n) is 5.92. The summed E-state index contributed by atoms with van der Waals surface area (Å²) >= 11 is 6.10. The highest BCUT2D eigenvalue weighted by molar-refractivity contribution is 6.30. The zero-order valence-corrected chi connectivity index (χ0v) is 21.1. The van der Waals surface area contributed by atoms with Crippen molar-refractivity contribution in [2.75, 3.05) is 26.2 Å². The number of benzene rings is 2. The van der Waals surface area contributed by atoms with Crippen LogP contribution in [0.1, 0.15) is 32.3 Å². The van der Waals surface area contributed by atoms with E-state index < -0.39 is 0 Å². The first-order chi connectivity index (χ1) is 17.5. The fraction of sp³-hybridized carbons (Fsp3) is 0.385. The number of ether oxygens (including phenoxy) is 2. The van der Waals surface area contributed by atoms with Gasteiger partial charge in [-0.2, -0.15) is 10.4 Å². The van der Waals surface area contributed by atoms with Crippen molar-refractivity contribution in [3.63, 3.8) is 0 Å². The fourth-order valence-corrected chi connectivity index (χ4v) is 4.34. The highest BCUT2D eigenvalue weighted by atomic mass is 35.5. The number of hydrazone groups is 1. The van der Waals surface area contributed by atoms with Gasteiger partial charge in [-0.25, -0.2) is 10.0 Å². The summed E-state index contributed by atoms with van der Waals surface area (Å²) in [7, 11) is 0. The molecule has 2 atom stereocenters. The third kappa shape index (κ3) is 5.71. The van der Waals surface area contributed by atoms with Crippen molar-refractivity contribution < 1.29 is 14.3 Å². The van der Waals surface area contributed by atoms with Crippen molar-refractivity contribution in [2.45, 2.75) is 38.8 Å². The van der Waals surface area contributed by atoms with Gasteiger partial charge in [-0.05, 0) is 30.7 Å². The van der Waals surface area contributed by atoms with E-state index in [0.717, 1.165) is 17.7 Å². The van der Waals surface area contributed by atoms with Crippen molar-refractivity contribution in [3.8, 4) is 17.7 Å². The quantitative estimate of drug-likeness (QED) is 0.265. The average Bonchev–Trinajstić information content (AvgIpc) is 3.34. The molecular weight excluding hydrogens is 480 g/mol. The minimum Gasteiger partial charge on any atom is -0.486 e. The molecule has 2 heterocycles. The summed E-state index contributed by atoms with van der Waals surface area (Å²) in [5.74, 6) is 1.69. The van der Waals surface area contributed by atoms with Gasteiger partial charge >= 0.3 is 0 Å². The van der Waals surface area contributed by atoms with Crippen LogP contribution in [0.15, 0.2) is 58.6 Å². The lowest BCUT2D eigenvalue weighted by Crippen LogP contribution is -2.48. The van der Waals surface area contributed by atoms with Crippen LogP contribution in [0.3, 0.4) is 0 Å². The van der Waals surface area contributed by atoms with E-state index in [-0.39, 0.29) is 30.6 Å². The summed E-state index contributed by atoms with van der Waals surface area (Å²) in [6.45, 7) is 5.46. The second kappa shape index (κ2) is 11.8. The first-order valence-electron chi connectivity index (χ1n) is 12.0. The minimum atomic E-state index is -0.313. The Morgan fingerprint density at radius 1 is 1.25 bits per heavy atom. The van der Waals surface area contributed by atoms with Crippen LogP contribution in [0.25, 0.3) is 0 Å². The molecule has 2 unspecified atom stereocenters. The Kier molecular flexibility index (Phi) is 8.28. The molecule has 36 heavy (non-hydrogen) atoms. The number of amides is 1. The standard InChI is InChI=1S/C26H29ClN6O3/c1-3-13-32(24(34)4-2)21-15-33(31-25(21)18-9-11-19(27)12-10-18)26(30-17-28)29-14-20-16-35-22-7-5-6-8-23(22)36-20/h5-12,20-21H,3-4,13-16H2,1-2H3,(H,29,30). The summed E-state index contributed by atoms with van der Waals surface area (Å²) in [4.78, 5) is 19.3. The summed E-state index contributed by atoms with van der Waals surface area (Å²) < 4.78 is 11.8. The maximum atomic E-state index is 12.9. The van der Waals surface area contributed by atoms with Gasteiger partial charge in [-0.15, -0.1) is 0 Å². The third-order valence-corrected chi connectivity index (χ3v) is 6.17. The molecule has 0 radical (unpaired) electrons. The van der Waals surface area contributed by atoms with Crippen LogP contribution >= 0.6 is 11.6 Å². The fourth-order valence-electron chi connectivity index (χ4n) is 4.21. The van der Waals surface area contributed by atoms with Crippen molar-refractivity contribution in [1.29, 1.82) is 5.26 Å². The Labute approximate surface area is 216 Å². The second-order valence-electron chi connectivity index (χ2n) is 8.43.